The normalized spacial score (nSPS) is 11.1. The largest absolute Gasteiger partial charge is 0.321 e. The molecule has 1 heterocycles. The number of benzene rings is 2. The van der Waals surface area contributed by atoms with Gasteiger partial charge in [-0.3, -0.25) is 4.79 Å². The summed E-state index contributed by atoms with van der Waals surface area (Å²) in [7, 11) is 0. The minimum Gasteiger partial charge on any atom is -0.321 e. The van der Waals surface area contributed by atoms with Gasteiger partial charge in [-0.25, -0.2) is 9.37 Å². The smallest absolute Gasteiger partial charge is 0.266 e. The monoisotopic (exact) mass is 377 g/mol. The van der Waals surface area contributed by atoms with Crippen molar-refractivity contribution in [2.45, 2.75) is 13.8 Å². The van der Waals surface area contributed by atoms with Crippen LogP contribution in [0.2, 0.25) is 0 Å². The number of thiazole rings is 1. The van der Waals surface area contributed by atoms with Crippen LogP contribution >= 0.6 is 11.3 Å². The van der Waals surface area contributed by atoms with E-state index in [0.29, 0.717) is 16.4 Å². The van der Waals surface area contributed by atoms with Crippen molar-refractivity contribution in [3.05, 3.63) is 76.1 Å². The molecule has 0 saturated carbocycles. The van der Waals surface area contributed by atoms with Gasteiger partial charge in [0, 0.05) is 16.6 Å². The zero-order valence-corrected chi connectivity index (χ0v) is 15.6. The number of carbonyl (C=O) groups is 1. The molecule has 0 aliphatic rings. The van der Waals surface area contributed by atoms with Crippen LogP contribution in [0.4, 0.5) is 10.1 Å². The Labute approximate surface area is 160 Å². The second-order valence-corrected chi connectivity index (χ2v) is 6.81. The summed E-state index contributed by atoms with van der Waals surface area (Å²) in [6, 6.07) is 13.5. The number of nitrogens with one attached hydrogen (secondary N) is 1. The molecule has 0 aliphatic heterocycles. The molecule has 2 aromatic carbocycles. The number of carbonyl (C=O) groups excluding carboxylic acids is 1. The van der Waals surface area contributed by atoms with E-state index in [-0.39, 0.29) is 11.4 Å². The van der Waals surface area contributed by atoms with Crippen LogP contribution in [-0.2, 0) is 4.79 Å². The number of amides is 1. The molecule has 1 amide bonds. The van der Waals surface area contributed by atoms with E-state index in [1.807, 2.05) is 32.0 Å². The number of aromatic nitrogens is 1. The van der Waals surface area contributed by atoms with Crippen LogP contribution in [0.15, 0.2) is 53.4 Å². The molecular formula is C21H16FN3OS. The van der Waals surface area contributed by atoms with E-state index >= 15 is 0 Å². The Morgan fingerprint density at radius 1 is 1.22 bits per heavy atom. The molecule has 0 fully saturated rings. The minimum atomic E-state index is -0.484. The second kappa shape index (κ2) is 7.94. The van der Waals surface area contributed by atoms with Gasteiger partial charge in [-0.1, -0.05) is 12.1 Å². The Morgan fingerprint density at radius 2 is 1.96 bits per heavy atom. The van der Waals surface area contributed by atoms with E-state index in [4.69, 9.17) is 0 Å². The van der Waals surface area contributed by atoms with Crippen LogP contribution in [0.25, 0.3) is 16.6 Å². The molecular weight excluding hydrogens is 361 g/mol. The Morgan fingerprint density at radius 3 is 2.67 bits per heavy atom. The van der Waals surface area contributed by atoms with E-state index in [9.17, 15) is 14.4 Å². The third-order valence-electron chi connectivity index (χ3n) is 4.12. The van der Waals surface area contributed by atoms with Gasteiger partial charge in [0.25, 0.3) is 5.91 Å². The summed E-state index contributed by atoms with van der Waals surface area (Å²) in [5, 5.41) is 14.6. The van der Waals surface area contributed by atoms with Crippen molar-refractivity contribution in [2.75, 3.05) is 5.32 Å². The number of hydrogen-bond donors (Lipinski definition) is 1. The highest BCUT2D eigenvalue weighted by Crippen LogP contribution is 2.25. The third kappa shape index (κ3) is 4.27. The van der Waals surface area contributed by atoms with Gasteiger partial charge in [-0.15, -0.1) is 11.3 Å². The Kier molecular flexibility index (Phi) is 5.43. The lowest BCUT2D eigenvalue weighted by Gasteiger charge is -2.09. The van der Waals surface area contributed by atoms with Gasteiger partial charge >= 0.3 is 0 Å². The summed E-state index contributed by atoms with van der Waals surface area (Å²) in [4.78, 5) is 16.9. The van der Waals surface area contributed by atoms with Crippen LogP contribution in [-0.4, -0.2) is 10.9 Å². The fourth-order valence-corrected chi connectivity index (χ4v) is 3.23. The highest BCUT2D eigenvalue weighted by atomic mass is 32.1. The average molecular weight is 377 g/mol. The van der Waals surface area contributed by atoms with Crippen molar-refractivity contribution < 1.29 is 9.18 Å². The molecule has 1 aromatic heterocycles. The molecule has 0 aliphatic carbocycles. The zero-order chi connectivity index (χ0) is 19.4. The van der Waals surface area contributed by atoms with E-state index in [1.54, 1.807) is 23.6 Å². The van der Waals surface area contributed by atoms with Crippen LogP contribution < -0.4 is 5.32 Å². The molecule has 0 radical (unpaired) electrons. The molecule has 6 heteroatoms. The summed E-state index contributed by atoms with van der Waals surface area (Å²) in [5.74, 6) is -0.798. The summed E-state index contributed by atoms with van der Waals surface area (Å²) in [5.41, 5.74) is 3.93. The third-order valence-corrected chi connectivity index (χ3v) is 5.03. The van der Waals surface area contributed by atoms with Crippen molar-refractivity contribution in [1.82, 2.24) is 4.98 Å². The lowest BCUT2D eigenvalue weighted by Crippen LogP contribution is -2.14. The van der Waals surface area contributed by atoms with Crippen LogP contribution in [0.1, 0.15) is 16.8 Å². The van der Waals surface area contributed by atoms with E-state index < -0.39 is 5.91 Å². The van der Waals surface area contributed by atoms with Crippen molar-refractivity contribution >= 4 is 29.0 Å². The average Bonchev–Trinajstić information content (AvgIpc) is 3.12. The first-order valence-electron chi connectivity index (χ1n) is 8.19. The summed E-state index contributed by atoms with van der Waals surface area (Å²) >= 11 is 1.36. The van der Waals surface area contributed by atoms with Gasteiger partial charge in [0.15, 0.2) is 0 Å². The molecule has 1 N–H and O–H groups in total. The molecule has 134 valence electrons. The number of anilines is 1. The highest BCUT2D eigenvalue weighted by molar-refractivity contribution is 7.13. The fourth-order valence-electron chi connectivity index (χ4n) is 2.45. The van der Waals surface area contributed by atoms with Gasteiger partial charge in [-0.05, 0) is 61.4 Å². The quantitative estimate of drug-likeness (QED) is 0.507. The Balaban J connectivity index is 1.82. The number of nitrogens with zero attached hydrogens (tertiary/aromatic N) is 2. The number of hydrogen-bond acceptors (Lipinski definition) is 4. The topological polar surface area (TPSA) is 65.8 Å². The minimum absolute atomic E-state index is 0.0353. The molecule has 27 heavy (non-hydrogen) atoms. The van der Waals surface area contributed by atoms with Crippen molar-refractivity contribution in [3.8, 4) is 16.6 Å². The summed E-state index contributed by atoms with van der Waals surface area (Å²) in [6.07, 6.45) is 1.45. The molecule has 0 bridgehead atoms. The first-order chi connectivity index (χ1) is 13.0. The number of nitriles is 1. The van der Waals surface area contributed by atoms with Crippen molar-refractivity contribution in [3.63, 3.8) is 0 Å². The van der Waals surface area contributed by atoms with E-state index in [0.717, 1.165) is 16.7 Å². The predicted octanol–water partition coefficient (Wildman–Crippen LogP) is 5.11. The van der Waals surface area contributed by atoms with Gasteiger partial charge in [-0.2, -0.15) is 5.26 Å². The lowest BCUT2D eigenvalue weighted by molar-refractivity contribution is -0.112. The van der Waals surface area contributed by atoms with Gasteiger partial charge in [0.05, 0.1) is 5.69 Å². The molecule has 3 rings (SSSR count). The molecule has 3 aromatic rings. The SMILES string of the molecule is Cc1cccc(NC(=O)/C(C#N)=C/c2csc(-c3ccc(F)cc3)n2)c1C. The number of rotatable bonds is 4. The summed E-state index contributed by atoms with van der Waals surface area (Å²) in [6.45, 7) is 3.87. The molecule has 0 unspecified atom stereocenters. The first kappa shape index (κ1) is 18.5. The summed E-state index contributed by atoms with van der Waals surface area (Å²) < 4.78 is 13.0. The Bertz CT molecular complexity index is 1060. The molecule has 4 nitrogen and oxygen atoms in total. The maximum absolute atomic E-state index is 13.0. The van der Waals surface area contributed by atoms with Crippen molar-refractivity contribution in [2.24, 2.45) is 0 Å². The standard InChI is InChI=1S/C21H16FN3OS/c1-13-4-3-5-19(14(13)2)25-20(26)16(11-23)10-18-12-27-21(24-18)15-6-8-17(22)9-7-15/h3-10,12H,1-2H3,(H,25,26)/b16-10+. The zero-order valence-electron chi connectivity index (χ0n) is 14.8. The van der Waals surface area contributed by atoms with Crippen LogP contribution in [0.3, 0.4) is 0 Å². The van der Waals surface area contributed by atoms with E-state index in [1.165, 1.54) is 29.5 Å². The first-order valence-corrected chi connectivity index (χ1v) is 9.06. The second-order valence-electron chi connectivity index (χ2n) is 5.96. The van der Waals surface area contributed by atoms with Gasteiger partial charge in [0.1, 0.15) is 22.5 Å². The van der Waals surface area contributed by atoms with E-state index in [2.05, 4.69) is 10.3 Å². The lowest BCUT2D eigenvalue weighted by atomic mass is 10.1. The van der Waals surface area contributed by atoms with Gasteiger partial charge < -0.3 is 5.32 Å². The fraction of sp³-hybridized carbons (Fsp3) is 0.0952. The van der Waals surface area contributed by atoms with Crippen molar-refractivity contribution in [1.29, 1.82) is 5.26 Å². The molecule has 0 atom stereocenters. The highest BCUT2D eigenvalue weighted by Gasteiger charge is 2.13. The maximum Gasteiger partial charge on any atom is 0.266 e. The predicted molar refractivity (Wildman–Crippen MR) is 106 cm³/mol. The molecule has 0 spiro atoms. The Hall–Kier alpha value is -3.30. The van der Waals surface area contributed by atoms with Crippen LogP contribution in [0.5, 0.6) is 0 Å². The number of halogens is 1. The van der Waals surface area contributed by atoms with Crippen LogP contribution in [0, 0.1) is 31.0 Å². The molecule has 0 saturated heterocycles. The maximum atomic E-state index is 13.0. The number of aryl methyl sites for hydroxylation is 1. The van der Waals surface area contributed by atoms with Gasteiger partial charge in [0.2, 0.25) is 0 Å².